The fourth-order valence-corrected chi connectivity index (χ4v) is 2.80. The first-order valence-corrected chi connectivity index (χ1v) is 7.04. The topological polar surface area (TPSA) is 53.5 Å². The van der Waals surface area contributed by atoms with Gasteiger partial charge in [0.05, 0.1) is 17.1 Å². The Kier molecular flexibility index (Phi) is 3.05. The zero-order valence-electron chi connectivity index (χ0n) is 12.1. The highest BCUT2D eigenvalue weighted by Crippen LogP contribution is 2.25. The maximum atomic E-state index is 5.92. The highest BCUT2D eigenvalue weighted by Gasteiger charge is 2.20. The lowest BCUT2D eigenvalue weighted by Gasteiger charge is -2.07. The first kappa shape index (κ1) is 13.2. The van der Waals surface area contributed by atoms with E-state index in [-0.39, 0.29) is 0 Å². The van der Waals surface area contributed by atoms with Crippen molar-refractivity contribution in [1.29, 1.82) is 0 Å². The zero-order valence-corrected chi connectivity index (χ0v) is 12.8. The van der Waals surface area contributed by atoms with Gasteiger partial charge in [-0.25, -0.2) is 9.67 Å². The standard InChI is InChI=1S/C13H17ClN6/c1-8-10(7-18(3)16-8)20-11(5-6-14)15-12-9(2)17-19(4)13(12)20/h7H,5-6H2,1-4H3. The number of hydrogen-bond acceptors (Lipinski definition) is 3. The Morgan fingerprint density at radius 1 is 1.15 bits per heavy atom. The summed E-state index contributed by atoms with van der Waals surface area (Å²) < 4.78 is 5.78. The van der Waals surface area contributed by atoms with E-state index in [9.17, 15) is 0 Å². The minimum atomic E-state index is 0.537. The van der Waals surface area contributed by atoms with Crippen LogP contribution in [0.3, 0.4) is 0 Å². The second-order valence-corrected chi connectivity index (χ2v) is 5.34. The molecule has 0 bridgehead atoms. The molecule has 0 atom stereocenters. The zero-order chi connectivity index (χ0) is 14.4. The molecule has 0 aliphatic carbocycles. The lowest BCUT2D eigenvalue weighted by molar-refractivity contribution is 0.749. The maximum Gasteiger partial charge on any atom is 0.163 e. The second kappa shape index (κ2) is 4.63. The highest BCUT2D eigenvalue weighted by atomic mass is 35.5. The molecule has 7 heteroatoms. The van der Waals surface area contributed by atoms with Crippen LogP contribution in [0.15, 0.2) is 6.20 Å². The summed E-state index contributed by atoms with van der Waals surface area (Å²) in [5, 5.41) is 8.86. The summed E-state index contributed by atoms with van der Waals surface area (Å²) >= 11 is 5.92. The van der Waals surface area contributed by atoms with Crippen LogP contribution in [0.1, 0.15) is 17.2 Å². The van der Waals surface area contributed by atoms with Gasteiger partial charge in [-0.05, 0) is 13.8 Å². The number of aryl methyl sites for hydroxylation is 5. The smallest absolute Gasteiger partial charge is 0.163 e. The lowest BCUT2D eigenvalue weighted by Crippen LogP contribution is -2.06. The van der Waals surface area contributed by atoms with Gasteiger partial charge in [0, 0.05) is 32.6 Å². The SMILES string of the molecule is Cc1nn(C)cc1-n1c(CCCl)nc2c(C)nn(C)c21. The highest BCUT2D eigenvalue weighted by molar-refractivity contribution is 6.17. The molecule has 0 saturated carbocycles. The molecule has 0 radical (unpaired) electrons. The van der Waals surface area contributed by atoms with Crippen LogP contribution >= 0.6 is 11.6 Å². The first-order valence-electron chi connectivity index (χ1n) is 6.50. The van der Waals surface area contributed by atoms with Crippen LogP contribution < -0.4 is 0 Å². The third kappa shape index (κ3) is 1.83. The van der Waals surface area contributed by atoms with Gasteiger partial charge in [-0.3, -0.25) is 9.25 Å². The van der Waals surface area contributed by atoms with Crippen molar-refractivity contribution in [2.75, 3.05) is 5.88 Å². The molecule has 0 aliphatic heterocycles. The molecule has 0 amide bonds. The molecule has 0 unspecified atom stereocenters. The minimum Gasteiger partial charge on any atom is -0.277 e. The van der Waals surface area contributed by atoms with Gasteiger partial charge in [0.1, 0.15) is 11.3 Å². The third-order valence-corrected chi connectivity index (χ3v) is 3.61. The predicted molar refractivity (Wildman–Crippen MR) is 78.5 cm³/mol. The summed E-state index contributed by atoms with van der Waals surface area (Å²) in [4.78, 5) is 4.71. The average molecular weight is 293 g/mol. The molecular formula is C13H17ClN6. The van der Waals surface area contributed by atoms with Crippen LogP contribution in [0.25, 0.3) is 16.9 Å². The van der Waals surface area contributed by atoms with E-state index in [0.717, 1.165) is 34.1 Å². The van der Waals surface area contributed by atoms with Crippen molar-refractivity contribution in [3.63, 3.8) is 0 Å². The van der Waals surface area contributed by atoms with Crippen LogP contribution in [-0.2, 0) is 20.5 Å². The second-order valence-electron chi connectivity index (χ2n) is 4.96. The van der Waals surface area contributed by atoms with Crippen LogP contribution in [0.2, 0.25) is 0 Å². The van der Waals surface area contributed by atoms with Gasteiger partial charge >= 0.3 is 0 Å². The predicted octanol–water partition coefficient (Wildman–Crippen LogP) is 1.89. The van der Waals surface area contributed by atoms with Crippen molar-refractivity contribution in [1.82, 2.24) is 29.1 Å². The van der Waals surface area contributed by atoms with Gasteiger partial charge < -0.3 is 0 Å². The van der Waals surface area contributed by atoms with E-state index >= 15 is 0 Å². The minimum absolute atomic E-state index is 0.537. The average Bonchev–Trinajstić information content (AvgIpc) is 2.97. The summed E-state index contributed by atoms with van der Waals surface area (Å²) in [7, 11) is 3.85. The van der Waals surface area contributed by atoms with Crippen LogP contribution in [-0.4, -0.2) is 35.0 Å². The van der Waals surface area contributed by atoms with E-state index in [2.05, 4.69) is 14.8 Å². The molecule has 20 heavy (non-hydrogen) atoms. The van der Waals surface area contributed by atoms with Crippen molar-refractivity contribution in [3.8, 4) is 5.69 Å². The molecule has 0 N–H and O–H groups in total. The molecule has 0 fully saturated rings. The fraction of sp³-hybridized carbons (Fsp3) is 0.462. The van der Waals surface area contributed by atoms with E-state index in [1.54, 1.807) is 0 Å². The summed E-state index contributed by atoms with van der Waals surface area (Å²) in [5.41, 5.74) is 4.83. The molecule has 0 saturated heterocycles. The van der Waals surface area contributed by atoms with Crippen molar-refractivity contribution in [2.24, 2.45) is 14.1 Å². The lowest BCUT2D eigenvalue weighted by atomic mass is 10.3. The van der Waals surface area contributed by atoms with Gasteiger partial charge in [0.25, 0.3) is 0 Å². The number of halogens is 1. The van der Waals surface area contributed by atoms with Gasteiger partial charge in [0.2, 0.25) is 0 Å². The first-order chi connectivity index (χ1) is 9.52. The molecule has 0 aromatic carbocycles. The van der Waals surface area contributed by atoms with E-state index in [1.807, 2.05) is 43.5 Å². The molecule has 3 rings (SSSR count). The summed E-state index contributed by atoms with van der Waals surface area (Å²) in [6, 6.07) is 0. The van der Waals surface area contributed by atoms with Gasteiger partial charge in [-0.1, -0.05) is 0 Å². The van der Waals surface area contributed by atoms with Gasteiger partial charge in [-0.15, -0.1) is 11.6 Å². The number of hydrogen-bond donors (Lipinski definition) is 0. The van der Waals surface area contributed by atoms with Crippen LogP contribution in [0, 0.1) is 13.8 Å². The van der Waals surface area contributed by atoms with Crippen molar-refractivity contribution in [2.45, 2.75) is 20.3 Å². The summed E-state index contributed by atoms with van der Waals surface area (Å²) in [6.45, 7) is 3.97. The number of rotatable bonds is 3. The Hall–Kier alpha value is -1.82. The Bertz CT molecular complexity index is 779. The molecule has 0 aliphatic rings. The molecule has 3 aromatic rings. The molecule has 3 heterocycles. The maximum absolute atomic E-state index is 5.92. The monoisotopic (exact) mass is 292 g/mol. The fourth-order valence-electron chi connectivity index (χ4n) is 2.63. The van der Waals surface area contributed by atoms with Gasteiger partial charge in [-0.2, -0.15) is 10.2 Å². The van der Waals surface area contributed by atoms with E-state index < -0.39 is 0 Å². The number of nitrogens with zero attached hydrogens (tertiary/aromatic N) is 6. The van der Waals surface area contributed by atoms with Crippen LogP contribution in [0.5, 0.6) is 0 Å². The molecular weight excluding hydrogens is 276 g/mol. The summed E-state index contributed by atoms with van der Waals surface area (Å²) in [6.07, 6.45) is 2.71. The number of alkyl halides is 1. The quantitative estimate of drug-likeness (QED) is 0.693. The Labute approximate surface area is 122 Å². The van der Waals surface area contributed by atoms with Gasteiger partial charge in [0.15, 0.2) is 5.65 Å². The van der Waals surface area contributed by atoms with E-state index in [0.29, 0.717) is 12.3 Å². The van der Waals surface area contributed by atoms with Crippen molar-refractivity contribution >= 4 is 22.8 Å². The molecule has 0 spiro atoms. The van der Waals surface area contributed by atoms with E-state index in [1.165, 1.54) is 0 Å². The Balaban J connectivity index is 2.36. The molecule has 3 aromatic heterocycles. The summed E-state index contributed by atoms with van der Waals surface area (Å²) in [5.74, 6) is 1.48. The Morgan fingerprint density at radius 2 is 1.90 bits per heavy atom. The van der Waals surface area contributed by atoms with E-state index in [4.69, 9.17) is 16.6 Å². The normalized spacial score (nSPS) is 11.7. The van der Waals surface area contributed by atoms with Crippen LogP contribution in [0.4, 0.5) is 0 Å². The Morgan fingerprint density at radius 3 is 2.50 bits per heavy atom. The number of fused-ring (bicyclic) bond motifs is 1. The molecule has 6 nitrogen and oxygen atoms in total. The molecule has 106 valence electrons. The largest absolute Gasteiger partial charge is 0.277 e. The third-order valence-electron chi connectivity index (χ3n) is 3.42. The number of aromatic nitrogens is 6. The number of imidazole rings is 1. The van der Waals surface area contributed by atoms with Crippen molar-refractivity contribution < 1.29 is 0 Å². The van der Waals surface area contributed by atoms with Crippen molar-refractivity contribution in [3.05, 3.63) is 23.4 Å².